The Balaban J connectivity index is 1.69. The minimum absolute atomic E-state index is 0.0274. The number of Topliss-reactive ketones (excluding diaryl/α,β-unsaturated/α-hetero) is 1. The van der Waals surface area contributed by atoms with Crippen molar-refractivity contribution in [3.63, 3.8) is 0 Å². The predicted molar refractivity (Wildman–Crippen MR) is 149 cm³/mol. The van der Waals surface area contributed by atoms with Gasteiger partial charge in [-0.05, 0) is 74.1 Å². The topological polar surface area (TPSA) is 88.5 Å². The van der Waals surface area contributed by atoms with Crippen LogP contribution in [0, 0.1) is 6.92 Å². The third-order valence-corrected chi connectivity index (χ3v) is 6.83. The number of benzene rings is 3. The van der Waals surface area contributed by atoms with Crippen LogP contribution in [-0.2, 0) is 16.2 Å². The first-order valence-electron chi connectivity index (χ1n) is 12.7. The molecule has 8 heteroatoms. The average Bonchev–Trinajstić information content (AvgIpc) is 3.20. The molecule has 3 aromatic carbocycles. The normalized spacial score (nSPS) is 16.6. The smallest absolute Gasteiger partial charge is 0.295 e. The number of aliphatic hydroxyl groups is 1. The van der Waals surface area contributed by atoms with Crippen LogP contribution in [0.25, 0.3) is 5.76 Å². The van der Waals surface area contributed by atoms with Crippen molar-refractivity contribution in [3.8, 4) is 17.2 Å². The maximum atomic E-state index is 13.3. The molecule has 39 heavy (non-hydrogen) atoms. The molecule has 1 amide bonds. The molecule has 0 bridgehead atoms. The van der Waals surface area contributed by atoms with Crippen LogP contribution in [-0.4, -0.2) is 68.0 Å². The number of carbonyl (C=O) groups is 2. The fourth-order valence-corrected chi connectivity index (χ4v) is 4.59. The molecular weight excluding hydrogens is 496 g/mol. The van der Waals surface area contributed by atoms with E-state index in [1.165, 1.54) is 19.1 Å². The Morgan fingerprint density at radius 1 is 0.949 bits per heavy atom. The van der Waals surface area contributed by atoms with Gasteiger partial charge in [-0.25, -0.2) is 0 Å². The lowest BCUT2D eigenvalue weighted by atomic mass is 9.95. The van der Waals surface area contributed by atoms with Crippen molar-refractivity contribution in [3.05, 3.63) is 94.6 Å². The largest absolute Gasteiger partial charge is 0.507 e. The molecule has 0 saturated carbocycles. The molecule has 204 valence electrons. The lowest BCUT2D eigenvalue weighted by molar-refractivity contribution is -0.140. The van der Waals surface area contributed by atoms with Gasteiger partial charge in [-0.3, -0.25) is 9.59 Å². The molecule has 1 aliphatic rings. The van der Waals surface area contributed by atoms with Crippen LogP contribution < -0.4 is 14.2 Å². The van der Waals surface area contributed by atoms with Gasteiger partial charge in [-0.1, -0.05) is 30.3 Å². The van der Waals surface area contributed by atoms with Gasteiger partial charge in [0.15, 0.2) is 11.5 Å². The zero-order valence-corrected chi connectivity index (χ0v) is 22.9. The van der Waals surface area contributed by atoms with E-state index in [0.29, 0.717) is 48.1 Å². The average molecular weight is 531 g/mol. The summed E-state index contributed by atoms with van der Waals surface area (Å²) in [5.74, 6) is -0.0259. The van der Waals surface area contributed by atoms with Crippen molar-refractivity contribution in [1.29, 1.82) is 0 Å². The molecule has 1 saturated heterocycles. The maximum absolute atomic E-state index is 13.3. The Bertz CT molecular complexity index is 1380. The molecule has 0 aliphatic carbocycles. The molecule has 0 spiro atoms. The standard InChI is InChI=1S/C31H34N2O6/c1-20-8-6-7-9-23(20)19-39-24-13-10-21(11-14-24)29(34)27-28(22-12-15-25(37-4)26(18-22)38-5)33(17-16-32(2)3)31(36)30(27)35/h6-15,18,28,34H,16-17,19H2,1-5H3/t28-/m1/s1. The molecule has 8 nitrogen and oxygen atoms in total. The molecule has 0 aromatic heterocycles. The van der Waals surface area contributed by atoms with Crippen molar-refractivity contribution in [2.24, 2.45) is 0 Å². The number of nitrogens with zero attached hydrogens (tertiary/aromatic N) is 2. The Morgan fingerprint density at radius 3 is 2.28 bits per heavy atom. The van der Waals surface area contributed by atoms with Crippen LogP contribution in [0.15, 0.2) is 72.3 Å². The van der Waals surface area contributed by atoms with Gasteiger partial charge in [-0.2, -0.15) is 0 Å². The van der Waals surface area contributed by atoms with Crippen molar-refractivity contribution in [2.45, 2.75) is 19.6 Å². The highest BCUT2D eigenvalue weighted by Crippen LogP contribution is 2.42. The van der Waals surface area contributed by atoms with Crippen molar-refractivity contribution in [2.75, 3.05) is 41.4 Å². The number of carbonyl (C=O) groups excluding carboxylic acids is 2. The Kier molecular flexibility index (Phi) is 8.56. The number of likely N-dealkylation sites (tertiary alicyclic amines) is 1. The molecule has 1 fully saturated rings. The fourth-order valence-electron chi connectivity index (χ4n) is 4.59. The van der Waals surface area contributed by atoms with E-state index in [9.17, 15) is 14.7 Å². The number of likely N-dealkylation sites (N-methyl/N-ethyl adjacent to an activating group) is 1. The number of rotatable bonds is 10. The van der Waals surface area contributed by atoms with E-state index in [2.05, 4.69) is 0 Å². The third kappa shape index (κ3) is 5.91. The maximum Gasteiger partial charge on any atom is 0.295 e. The predicted octanol–water partition coefficient (Wildman–Crippen LogP) is 4.57. The van der Waals surface area contributed by atoms with Gasteiger partial charge in [0.2, 0.25) is 0 Å². The second kappa shape index (κ2) is 12.0. The van der Waals surface area contributed by atoms with Gasteiger partial charge in [0, 0.05) is 18.7 Å². The quantitative estimate of drug-likeness (QED) is 0.233. The third-order valence-electron chi connectivity index (χ3n) is 6.83. The van der Waals surface area contributed by atoms with Crippen molar-refractivity contribution in [1.82, 2.24) is 9.80 Å². The molecular formula is C31H34N2O6. The summed E-state index contributed by atoms with van der Waals surface area (Å²) in [5, 5.41) is 11.4. The lowest BCUT2D eigenvalue weighted by Gasteiger charge is -2.27. The summed E-state index contributed by atoms with van der Waals surface area (Å²) in [5.41, 5.74) is 3.29. The van der Waals surface area contributed by atoms with Crippen LogP contribution in [0.2, 0.25) is 0 Å². The summed E-state index contributed by atoms with van der Waals surface area (Å²) in [6, 6.07) is 19.3. The first-order valence-corrected chi connectivity index (χ1v) is 12.7. The number of amides is 1. The number of aliphatic hydroxyl groups excluding tert-OH is 1. The van der Waals surface area contributed by atoms with Gasteiger partial charge >= 0.3 is 0 Å². The number of ether oxygens (including phenoxy) is 3. The second-order valence-corrected chi connectivity index (χ2v) is 9.65. The first kappa shape index (κ1) is 27.7. The Morgan fingerprint density at radius 2 is 1.64 bits per heavy atom. The zero-order valence-electron chi connectivity index (χ0n) is 22.9. The zero-order chi connectivity index (χ0) is 28.1. The number of aryl methyl sites for hydroxylation is 1. The van der Waals surface area contributed by atoms with Crippen LogP contribution in [0.4, 0.5) is 0 Å². The van der Waals surface area contributed by atoms with E-state index in [1.807, 2.05) is 50.2 Å². The molecule has 0 unspecified atom stereocenters. The minimum Gasteiger partial charge on any atom is -0.507 e. The highest BCUT2D eigenvalue weighted by molar-refractivity contribution is 6.46. The van der Waals surface area contributed by atoms with Gasteiger partial charge in [0.05, 0.1) is 25.8 Å². The first-order chi connectivity index (χ1) is 18.7. The molecule has 0 radical (unpaired) electrons. The second-order valence-electron chi connectivity index (χ2n) is 9.65. The van der Waals surface area contributed by atoms with Crippen molar-refractivity contribution >= 4 is 17.4 Å². The monoisotopic (exact) mass is 530 g/mol. The highest BCUT2D eigenvalue weighted by atomic mass is 16.5. The van der Waals surface area contributed by atoms with E-state index in [0.717, 1.165) is 11.1 Å². The summed E-state index contributed by atoms with van der Waals surface area (Å²) < 4.78 is 16.7. The van der Waals surface area contributed by atoms with E-state index in [1.54, 1.807) is 42.5 Å². The van der Waals surface area contributed by atoms with E-state index >= 15 is 0 Å². The molecule has 1 aliphatic heterocycles. The Hall–Kier alpha value is -4.30. The number of ketones is 1. The summed E-state index contributed by atoms with van der Waals surface area (Å²) in [6.45, 7) is 3.29. The Labute approximate surface area is 229 Å². The van der Waals surface area contributed by atoms with Gasteiger partial charge in [0.1, 0.15) is 18.1 Å². The van der Waals surface area contributed by atoms with Crippen LogP contribution in [0.1, 0.15) is 28.3 Å². The van der Waals surface area contributed by atoms with E-state index in [4.69, 9.17) is 14.2 Å². The number of hydrogen-bond acceptors (Lipinski definition) is 7. The fraction of sp³-hybridized carbons (Fsp3) is 0.290. The molecule has 1 heterocycles. The number of hydrogen-bond donors (Lipinski definition) is 1. The SMILES string of the molecule is COc1ccc([C@@H]2C(=C(O)c3ccc(OCc4ccccc4C)cc3)C(=O)C(=O)N2CCN(C)C)cc1OC. The molecule has 4 rings (SSSR count). The van der Waals surface area contributed by atoms with Crippen LogP contribution in [0.3, 0.4) is 0 Å². The van der Waals surface area contributed by atoms with Crippen LogP contribution >= 0.6 is 0 Å². The molecule has 1 atom stereocenters. The van der Waals surface area contributed by atoms with Crippen molar-refractivity contribution < 1.29 is 28.9 Å². The van der Waals surface area contributed by atoms with Gasteiger partial charge in [-0.15, -0.1) is 0 Å². The van der Waals surface area contributed by atoms with E-state index < -0.39 is 17.7 Å². The van der Waals surface area contributed by atoms with Crippen LogP contribution in [0.5, 0.6) is 17.2 Å². The van der Waals surface area contributed by atoms with Gasteiger partial charge < -0.3 is 29.1 Å². The summed E-state index contributed by atoms with van der Waals surface area (Å²) in [7, 11) is 6.85. The van der Waals surface area contributed by atoms with Gasteiger partial charge in [0.25, 0.3) is 11.7 Å². The highest BCUT2D eigenvalue weighted by Gasteiger charge is 2.46. The molecule has 1 N–H and O–H groups in total. The summed E-state index contributed by atoms with van der Waals surface area (Å²) in [4.78, 5) is 29.9. The van der Waals surface area contributed by atoms with E-state index in [-0.39, 0.29) is 11.3 Å². The summed E-state index contributed by atoms with van der Waals surface area (Å²) in [6.07, 6.45) is 0. The minimum atomic E-state index is -0.790. The molecule has 3 aromatic rings. The lowest BCUT2D eigenvalue weighted by Crippen LogP contribution is -2.35. The number of methoxy groups -OCH3 is 2. The summed E-state index contributed by atoms with van der Waals surface area (Å²) >= 11 is 0.